The van der Waals surface area contributed by atoms with E-state index in [0.29, 0.717) is 17.0 Å². The predicted octanol–water partition coefficient (Wildman–Crippen LogP) is 4.72. The second kappa shape index (κ2) is 12.0. The fourth-order valence-corrected chi connectivity index (χ4v) is 3.26. The molecule has 0 saturated heterocycles. The average Bonchev–Trinajstić information content (AvgIpc) is 2.83. The quantitative estimate of drug-likeness (QED) is 0.241. The summed E-state index contributed by atoms with van der Waals surface area (Å²) in [5.41, 5.74) is 5.50. The highest BCUT2D eigenvalue weighted by atomic mass is 35.5. The molecule has 0 bridgehead atoms. The molecule has 0 aliphatic carbocycles. The highest BCUT2D eigenvalue weighted by Crippen LogP contribution is 2.29. The van der Waals surface area contributed by atoms with Crippen molar-refractivity contribution >= 4 is 58.5 Å². The van der Waals surface area contributed by atoms with Crippen molar-refractivity contribution in [3.05, 3.63) is 87.4 Å². The molecule has 0 saturated carbocycles. The summed E-state index contributed by atoms with van der Waals surface area (Å²) in [4.78, 5) is 36.5. The SMILES string of the molecule is Cc1ccc(C)c(NC(=O)COc2ccccc2/C=N\NC(=O)C(=O)Nc2cccc(Cl)c2Cl)c1. The Balaban J connectivity index is 1.56. The van der Waals surface area contributed by atoms with Crippen LogP contribution in [0.1, 0.15) is 16.7 Å². The number of anilines is 2. The Morgan fingerprint density at radius 2 is 1.69 bits per heavy atom. The van der Waals surface area contributed by atoms with Crippen LogP contribution in [0.5, 0.6) is 5.75 Å². The monoisotopic (exact) mass is 512 g/mol. The molecule has 3 N–H and O–H groups in total. The number of ether oxygens (including phenoxy) is 1. The highest BCUT2D eigenvalue weighted by Gasteiger charge is 2.15. The van der Waals surface area contributed by atoms with Gasteiger partial charge in [0.25, 0.3) is 5.91 Å². The third-order valence-corrected chi connectivity index (χ3v) is 5.54. The van der Waals surface area contributed by atoms with Crippen LogP contribution in [0.25, 0.3) is 0 Å². The van der Waals surface area contributed by atoms with Crippen molar-refractivity contribution in [2.24, 2.45) is 5.10 Å². The number of benzene rings is 3. The van der Waals surface area contributed by atoms with Gasteiger partial charge in [-0.25, -0.2) is 5.43 Å². The third kappa shape index (κ3) is 7.30. The van der Waals surface area contributed by atoms with E-state index in [2.05, 4.69) is 21.2 Å². The maximum Gasteiger partial charge on any atom is 0.329 e. The second-order valence-electron chi connectivity index (χ2n) is 7.45. The number of rotatable bonds is 7. The van der Waals surface area contributed by atoms with Crippen LogP contribution in [0.2, 0.25) is 10.0 Å². The molecule has 0 heterocycles. The van der Waals surface area contributed by atoms with E-state index in [9.17, 15) is 14.4 Å². The van der Waals surface area contributed by atoms with Gasteiger partial charge in [0, 0.05) is 11.3 Å². The summed E-state index contributed by atoms with van der Waals surface area (Å²) in [6, 6.07) is 17.2. The van der Waals surface area contributed by atoms with Gasteiger partial charge in [-0.3, -0.25) is 14.4 Å². The molecule has 35 heavy (non-hydrogen) atoms. The van der Waals surface area contributed by atoms with Crippen molar-refractivity contribution < 1.29 is 19.1 Å². The summed E-state index contributed by atoms with van der Waals surface area (Å²) in [6.45, 7) is 3.61. The van der Waals surface area contributed by atoms with Crippen molar-refractivity contribution in [3.63, 3.8) is 0 Å². The number of aryl methyl sites for hydroxylation is 2. The summed E-state index contributed by atoms with van der Waals surface area (Å²) < 4.78 is 5.63. The van der Waals surface area contributed by atoms with Crippen LogP contribution in [-0.4, -0.2) is 30.5 Å². The lowest BCUT2D eigenvalue weighted by molar-refractivity contribution is -0.136. The predicted molar refractivity (Wildman–Crippen MR) is 137 cm³/mol. The number of halogens is 2. The molecule has 3 aromatic carbocycles. The van der Waals surface area contributed by atoms with Crippen LogP contribution in [0.4, 0.5) is 11.4 Å². The summed E-state index contributed by atoms with van der Waals surface area (Å²) in [7, 11) is 0. The number of hydrogen-bond donors (Lipinski definition) is 3. The Hall–Kier alpha value is -3.88. The number of amides is 3. The average molecular weight is 513 g/mol. The molecular formula is C25H22Cl2N4O4. The van der Waals surface area contributed by atoms with E-state index >= 15 is 0 Å². The molecule has 0 atom stereocenters. The lowest BCUT2D eigenvalue weighted by Crippen LogP contribution is -2.32. The normalized spacial score (nSPS) is 10.6. The van der Waals surface area contributed by atoms with Crippen molar-refractivity contribution in [3.8, 4) is 5.75 Å². The molecular weight excluding hydrogens is 491 g/mol. The largest absolute Gasteiger partial charge is 0.483 e. The molecule has 10 heteroatoms. The summed E-state index contributed by atoms with van der Waals surface area (Å²) in [6.07, 6.45) is 1.30. The Labute approximate surface area is 212 Å². The van der Waals surface area contributed by atoms with Crippen molar-refractivity contribution in [1.29, 1.82) is 0 Å². The first-order chi connectivity index (χ1) is 16.7. The molecule has 0 unspecified atom stereocenters. The first kappa shape index (κ1) is 25.7. The Morgan fingerprint density at radius 3 is 2.49 bits per heavy atom. The zero-order chi connectivity index (χ0) is 25.4. The molecule has 0 aliphatic heterocycles. The van der Waals surface area contributed by atoms with Crippen molar-refractivity contribution in [2.45, 2.75) is 13.8 Å². The van der Waals surface area contributed by atoms with Gasteiger partial charge >= 0.3 is 11.8 Å². The molecule has 3 aromatic rings. The molecule has 3 rings (SSSR count). The lowest BCUT2D eigenvalue weighted by atomic mass is 10.1. The van der Waals surface area contributed by atoms with Gasteiger partial charge in [-0.15, -0.1) is 0 Å². The Kier molecular flexibility index (Phi) is 8.83. The van der Waals surface area contributed by atoms with Crippen LogP contribution in [0.3, 0.4) is 0 Å². The number of para-hydroxylation sites is 1. The van der Waals surface area contributed by atoms with E-state index in [4.69, 9.17) is 27.9 Å². The summed E-state index contributed by atoms with van der Waals surface area (Å²) in [5.74, 6) is -1.94. The minimum atomic E-state index is -1.01. The number of hydrogen-bond acceptors (Lipinski definition) is 5. The van der Waals surface area contributed by atoms with Crippen molar-refractivity contribution in [1.82, 2.24) is 5.43 Å². The van der Waals surface area contributed by atoms with Crippen LogP contribution in [0, 0.1) is 13.8 Å². The number of nitrogens with one attached hydrogen (secondary N) is 3. The number of hydrazone groups is 1. The van der Waals surface area contributed by atoms with E-state index in [1.807, 2.05) is 32.0 Å². The van der Waals surface area contributed by atoms with E-state index in [1.54, 1.807) is 36.4 Å². The van der Waals surface area contributed by atoms with Gasteiger partial charge in [0.15, 0.2) is 6.61 Å². The number of nitrogens with zero attached hydrogens (tertiary/aromatic N) is 1. The van der Waals surface area contributed by atoms with Gasteiger partial charge in [0.05, 0.1) is 21.9 Å². The van der Waals surface area contributed by atoms with Gasteiger partial charge in [-0.05, 0) is 55.3 Å². The first-order valence-corrected chi connectivity index (χ1v) is 11.2. The standard InChI is InChI=1S/C25H22Cl2N4O4/c1-15-10-11-16(2)20(12-15)29-22(32)14-35-21-9-4-3-6-17(21)13-28-31-25(34)24(33)30-19-8-5-7-18(26)23(19)27/h3-13H,14H2,1-2H3,(H,29,32)(H,30,33)(H,31,34)/b28-13-. The van der Waals surface area contributed by atoms with Crippen LogP contribution >= 0.6 is 23.2 Å². The summed E-state index contributed by atoms with van der Waals surface area (Å²) >= 11 is 11.9. The molecule has 3 amide bonds. The Bertz CT molecular complexity index is 1290. The first-order valence-electron chi connectivity index (χ1n) is 10.4. The smallest absolute Gasteiger partial charge is 0.329 e. The number of carbonyl (C=O) groups is 3. The van der Waals surface area contributed by atoms with E-state index in [0.717, 1.165) is 11.1 Å². The van der Waals surface area contributed by atoms with Crippen LogP contribution < -0.4 is 20.8 Å². The fraction of sp³-hybridized carbons (Fsp3) is 0.120. The maximum atomic E-state index is 12.3. The van der Waals surface area contributed by atoms with Gasteiger partial charge < -0.3 is 15.4 Å². The minimum absolute atomic E-state index is 0.117. The Morgan fingerprint density at radius 1 is 0.914 bits per heavy atom. The van der Waals surface area contributed by atoms with Crippen LogP contribution in [-0.2, 0) is 14.4 Å². The summed E-state index contributed by atoms with van der Waals surface area (Å²) in [5, 5.41) is 9.33. The molecule has 0 fully saturated rings. The maximum absolute atomic E-state index is 12.3. The van der Waals surface area contributed by atoms with Gasteiger partial charge in [0.2, 0.25) is 0 Å². The molecule has 180 valence electrons. The highest BCUT2D eigenvalue weighted by molar-refractivity contribution is 6.45. The molecule has 8 nitrogen and oxygen atoms in total. The molecule has 0 aromatic heterocycles. The van der Waals surface area contributed by atoms with Crippen molar-refractivity contribution in [2.75, 3.05) is 17.2 Å². The van der Waals surface area contributed by atoms with Gasteiger partial charge in [0.1, 0.15) is 5.75 Å². The molecule has 0 radical (unpaired) electrons. The lowest BCUT2D eigenvalue weighted by Gasteiger charge is -2.11. The minimum Gasteiger partial charge on any atom is -0.483 e. The topological polar surface area (TPSA) is 109 Å². The van der Waals surface area contributed by atoms with E-state index < -0.39 is 11.8 Å². The second-order valence-corrected chi connectivity index (χ2v) is 8.23. The van der Waals surface area contributed by atoms with E-state index in [-0.39, 0.29) is 28.2 Å². The van der Waals surface area contributed by atoms with Gasteiger partial charge in [-0.1, -0.05) is 53.5 Å². The fourth-order valence-electron chi connectivity index (χ4n) is 2.91. The third-order valence-electron chi connectivity index (χ3n) is 4.72. The molecule has 0 spiro atoms. The van der Waals surface area contributed by atoms with Gasteiger partial charge in [-0.2, -0.15) is 5.10 Å². The zero-order valence-electron chi connectivity index (χ0n) is 18.9. The number of carbonyl (C=O) groups excluding carboxylic acids is 3. The van der Waals surface area contributed by atoms with E-state index in [1.165, 1.54) is 12.3 Å². The zero-order valence-corrected chi connectivity index (χ0v) is 20.4. The molecule has 0 aliphatic rings. The van der Waals surface area contributed by atoms with Crippen LogP contribution in [0.15, 0.2) is 65.8 Å².